The number of benzene rings is 2. The number of hydrogen-bond donors (Lipinski definition) is 1. The molecular formula is C18H24O2Si. The van der Waals surface area contributed by atoms with Gasteiger partial charge in [-0.1, -0.05) is 62.7 Å². The predicted octanol–water partition coefficient (Wildman–Crippen LogP) is 4.19. The molecule has 0 spiro atoms. The quantitative estimate of drug-likeness (QED) is 0.858. The molecule has 0 aliphatic rings. The van der Waals surface area contributed by atoms with Crippen LogP contribution in [0.2, 0.25) is 5.04 Å². The summed E-state index contributed by atoms with van der Waals surface area (Å²) >= 11 is 0. The van der Waals surface area contributed by atoms with Gasteiger partial charge in [0, 0.05) is 5.56 Å². The molecule has 0 heterocycles. The Balaban J connectivity index is 2.26. The van der Waals surface area contributed by atoms with Gasteiger partial charge >= 0.3 is 0 Å². The molecule has 3 heteroatoms. The summed E-state index contributed by atoms with van der Waals surface area (Å²) in [7, 11) is -0.624. The average Bonchev–Trinajstić information content (AvgIpc) is 2.40. The monoisotopic (exact) mass is 300 g/mol. The van der Waals surface area contributed by atoms with Crippen molar-refractivity contribution in [3.8, 4) is 16.9 Å². The Morgan fingerprint density at radius 3 is 2.33 bits per heavy atom. The van der Waals surface area contributed by atoms with E-state index in [4.69, 9.17) is 4.43 Å². The molecule has 21 heavy (non-hydrogen) atoms. The van der Waals surface area contributed by atoms with Gasteiger partial charge in [0.1, 0.15) is 5.75 Å². The smallest absolute Gasteiger partial charge is 0.167 e. The highest BCUT2D eigenvalue weighted by Crippen LogP contribution is 2.31. The Morgan fingerprint density at radius 2 is 1.71 bits per heavy atom. The largest absolute Gasteiger partial charge is 0.508 e. The van der Waals surface area contributed by atoms with Crippen LogP contribution in [0.4, 0.5) is 0 Å². The molecule has 2 rings (SSSR count). The second-order valence-corrected chi connectivity index (χ2v) is 9.54. The highest BCUT2D eigenvalue weighted by atomic mass is 28.2. The fourth-order valence-corrected chi connectivity index (χ4v) is 3.11. The zero-order valence-corrected chi connectivity index (χ0v) is 14.7. The molecule has 0 saturated heterocycles. The van der Waals surface area contributed by atoms with Gasteiger partial charge in [-0.2, -0.15) is 0 Å². The van der Waals surface area contributed by atoms with Crippen LogP contribution >= 0.6 is 0 Å². The summed E-state index contributed by atoms with van der Waals surface area (Å²) in [6.45, 7) is 9.16. The lowest BCUT2D eigenvalue weighted by Crippen LogP contribution is -2.12. The number of aryl methyl sites for hydroxylation is 1. The van der Waals surface area contributed by atoms with Crippen LogP contribution < -0.4 is 0 Å². The van der Waals surface area contributed by atoms with Crippen molar-refractivity contribution >= 4 is 9.76 Å². The van der Waals surface area contributed by atoms with Crippen LogP contribution in [-0.2, 0) is 11.0 Å². The third-order valence-corrected chi connectivity index (χ3v) is 4.57. The Morgan fingerprint density at radius 1 is 1.05 bits per heavy atom. The maximum Gasteiger partial charge on any atom is 0.167 e. The summed E-state index contributed by atoms with van der Waals surface area (Å²) in [6, 6.07) is 14.0. The number of phenols is 1. The number of hydrogen-bond acceptors (Lipinski definition) is 2. The van der Waals surface area contributed by atoms with E-state index in [0.717, 1.165) is 16.7 Å². The fraction of sp³-hybridized carbons (Fsp3) is 0.333. The summed E-state index contributed by atoms with van der Waals surface area (Å²) in [6.07, 6.45) is 0. The Hall–Kier alpha value is -1.58. The molecule has 0 aliphatic heterocycles. The van der Waals surface area contributed by atoms with Crippen molar-refractivity contribution in [2.24, 2.45) is 0 Å². The van der Waals surface area contributed by atoms with E-state index in [1.807, 2.05) is 12.1 Å². The van der Waals surface area contributed by atoms with E-state index in [1.165, 1.54) is 5.56 Å². The number of phenolic OH excluding ortho intramolecular Hbond substituents is 1. The fourth-order valence-electron chi connectivity index (χ4n) is 2.19. The first kappa shape index (κ1) is 15.8. The van der Waals surface area contributed by atoms with Gasteiger partial charge in [-0.15, -0.1) is 0 Å². The number of aromatic hydroxyl groups is 1. The Bertz CT molecular complexity index is 598. The normalized spacial score (nSPS) is 12.2. The van der Waals surface area contributed by atoms with Gasteiger partial charge in [0.05, 0.1) is 6.61 Å². The maximum atomic E-state index is 10.2. The van der Waals surface area contributed by atoms with Crippen molar-refractivity contribution < 1.29 is 9.53 Å². The van der Waals surface area contributed by atoms with Gasteiger partial charge in [-0.3, -0.25) is 0 Å². The average molecular weight is 300 g/mol. The molecule has 0 bridgehead atoms. The molecule has 0 aromatic heterocycles. The molecular weight excluding hydrogens is 276 g/mol. The lowest BCUT2D eigenvalue weighted by atomic mass is 9.98. The van der Waals surface area contributed by atoms with E-state index in [0.29, 0.717) is 12.4 Å². The molecule has 2 aromatic carbocycles. The zero-order chi connectivity index (χ0) is 15.5. The van der Waals surface area contributed by atoms with Gasteiger partial charge in [0.15, 0.2) is 9.76 Å². The molecule has 0 saturated carbocycles. The molecule has 0 amide bonds. The van der Waals surface area contributed by atoms with Crippen LogP contribution in [-0.4, -0.2) is 14.9 Å². The third-order valence-electron chi connectivity index (χ3n) is 3.30. The van der Waals surface area contributed by atoms with Crippen LogP contribution in [0.1, 0.15) is 31.9 Å². The first-order chi connectivity index (χ1) is 9.87. The third kappa shape index (κ3) is 4.44. The molecule has 0 atom stereocenters. The molecule has 1 N–H and O–H groups in total. The molecule has 0 fully saturated rings. The second-order valence-electron chi connectivity index (χ2n) is 6.72. The molecule has 0 unspecified atom stereocenters. The summed E-state index contributed by atoms with van der Waals surface area (Å²) < 4.78 is 5.93. The second kappa shape index (κ2) is 6.46. The van der Waals surface area contributed by atoms with E-state index in [1.54, 1.807) is 6.07 Å². The standard InChI is InChI=1S/C18H24O2Si/c1-13-8-10-14(11-9-13)15-6-5-7-17(19)16(15)12-20-21-18(2,3)4/h5-11,19H,12,21H2,1-4H3. The van der Waals surface area contributed by atoms with Crippen LogP contribution in [0.5, 0.6) is 5.75 Å². The zero-order valence-electron chi connectivity index (χ0n) is 13.3. The summed E-state index contributed by atoms with van der Waals surface area (Å²) in [5.74, 6) is 0.316. The van der Waals surface area contributed by atoms with Crippen LogP contribution in [0.25, 0.3) is 11.1 Å². The lowest BCUT2D eigenvalue weighted by molar-refractivity contribution is 0.303. The summed E-state index contributed by atoms with van der Waals surface area (Å²) in [5, 5.41) is 10.4. The molecule has 0 radical (unpaired) electrons. The first-order valence-electron chi connectivity index (χ1n) is 7.32. The SMILES string of the molecule is Cc1ccc(-c2cccc(O)c2CO[SiH2]C(C)(C)C)cc1. The van der Waals surface area contributed by atoms with Crippen molar-refractivity contribution in [1.29, 1.82) is 0 Å². The van der Waals surface area contributed by atoms with Crippen molar-refractivity contribution in [2.75, 3.05) is 0 Å². The number of rotatable bonds is 4. The van der Waals surface area contributed by atoms with Crippen LogP contribution in [0, 0.1) is 6.92 Å². The maximum absolute atomic E-state index is 10.2. The van der Waals surface area contributed by atoms with Crippen molar-refractivity contribution in [1.82, 2.24) is 0 Å². The Labute approximate surface area is 129 Å². The molecule has 2 aromatic rings. The van der Waals surface area contributed by atoms with Gasteiger partial charge < -0.3 is 9.53 Å². The van der Waals surface area contributed by atoms with Crippen LogP contribution in [0.15, 0.2) is 42.5 Å². The highest BCUT2D eigenvalue weighted by Gasteiger charge is 2.14. The van der Waals surface area contributed by atoms with E-state index in [2.05, 4.69) is 52.0 Å². The Kier molecular flexibility index (Phi) is 4.86. The first-order valence-corrected chi connectivity index (χ1v) is 8.61. The van der Waals surface area contributed by atoms with Gasteiger partial charge in [0.2, 0.25) is 0 Å². The van der Waals surface area contributed by atoms with Gasteiger partial charge in [-0.05, 0) is 29.2 Å². The van der Waals surface area contributed by atoms with Gasteiger partial charge in [-0.25, -0.2) is 0 Å². The molecule has 112 valence electrons. The minimum atomic E-state index is -0.624. The minimum absolute atomic E-state index is 0.258. The van der Waals surface area contributed by atoms with E-state index < -0.39 is 9.76 Å². The van der Waals surface area contributed by atoms with Crippen LogP contribution in [0.3, 0.4) is 0 Å². The van der Waals surface area contributed by atoms with Crippen molar-refractivity contribution in [3.63, 3.8) is 0 Å². The lowest BCUT2D eigenvalue weighted by Gasteiger charge is -2.18. The summed E-state index contributed by atoms with van der Waals surface area (Å²) in [4.78, 5) is 0. The minimum Gasteiger partial charge on any atom is -0.508 e. The van der Waals surface area contributed by atoms with Gasteiger partial charge in [0.25, 0.3) is 0 Å². The van der Waals surface area contributed by atoms with Crippen molar-refractivity contribution in [3.05, 3.63) is 53.6 Å². The summed E-state index contributed by atoms with van der Waals surface area (Å²) in [5.41, 5.74) is 4.29. The van der Waals surface area contributed by atoms with E-state index >= 15 is 0 Å². The van der Waals surface area contributed by atoms with Crippen molar-refractivity contribution in [2.45, 2.75) is 39.3 Å². The molecule has 0 aliphatic carbocycles. The highest BCUT2D eigenvalue weighted by molar-refractivity contribution is 6.31. The molecule has 2 nitrogen and oxygen atoms in total. The van der Waals surface area contributed by atoms with E-state index in [-0.39, 0.29) is 5.04 Å². The topological polar surface area (TPSA) is 29.5 Å². The predicted molar refractivity (Wildman–Crippen MR) is 91.3 cm³/mol. The van der Waals surface area contributed by atoms with E-state index in [9.17, 15) is 5.11 Å².